The van der Waals surface area contributed by atoms with E-state index in [0.717, 1.165) is 0 Å². The third-order valence-electron chi connectivity index (χ3n) is 8.72. The lowest BCUT2D eigenvalue weighted by atomic mass is 10.4. The first-order chi connectivity index (χ1) is 13.6. The number of hydrogen-bond acceptors (Lipinski definition) is 0. The van der Waals surface area contributed by atoms with Crippen LogP contribution in [0.3, 0.4) is 0 Å². The van der Waals surface area contributed by atoms with Crippen molar-refractivity contribution in [3.8, 4) is 0 Å². The SMILES string of the molecule is C[Si](C)[Si](C)(C)c1ccc([Si](C)(C)[Si](C)(C)c2ccc([Si](C)(C)[Si](C)C)cc2)cc1. The molecule has 30 heavy (non-hydrogen) atoms. The Morgan fingerprint density at radius 2 is 0.600 bits per heavy atom. The largest absolute Gasteiger partial charge is 0.0791 e. The van der Waals surface area contributed by atoms with Gasteiger partial charge in [0.05, 0.1) is 30.4 Å². The van der Waals surface area contributed by atoms with Crippen LogP contribution in [0.25, 0.3) is 0 Å². The first-order valence-corrected chi connectivity index (χ1v) is 31.4. The van der Waals surface area contributed by atoms with Crippen LogP contribution in [0, 0.1) is 0 Å². The molecule has 164 valence electrons. The molecule has 6 heteroatoms. The lowest BCUT2D eigenvalue weighted by Crippen LogP contribution is -2.69. The fraction of sp³-hybridized carbons (Fsp3) is 0.500. The Kier molecular flexibility index (Phi) is 7.75. The Hall–Kier alpha value is -0.259. The molecule has 2 rings (SSSR count). The quantitative estimate of drug-likeness (QED) is 0.479. The van der Waals surface area contributed by atoms with Crippen LogP contribution >= 0.6 is 0 Å². The van der Waals surface area contributed by atoms with Gasteiger partial charge in [-0.05, 0) is 0 Å². The molecule has 2 aromatic rings. The molecule has 0 N–H and O–H groups in total. The van der Waals surface area contributed by atoms with E-state index in [0.29, 0.717) is 0 Å². The van der Waals surface area contributed by atoms with E-state index in [1.807, 2.05) is 0 Å². The number of rotatable bonds is 7. The number of hydrogen-bond donors (Lipinski definition) is 0. The summed E-state index contributed by atoms with van der Waals surface area (Å²) in [6.07, 6.45) is 0. The summed E-state index contributed by atoms with van der Waals surface area (Å²) in [5.41, 5.74) is 0. The maximum absolute atomic E-state index is 2.62. The van der Waals surface area contributed by atoms with Crippen LogP contribution in [0.1, 0.15) is 0 Å². The molecule has 0 aliphatic carbocycles. The summed E-state index contributed by atoms with van der Waals surface area (Å²) in [5, 5.41) is 6.62. The van der Waals surface area contributed by atoms with E-state index >= 15 is 0 Å². The minimum Gasteiger partial charge on any atom is -0.0730 e. The van der Waals surface area contributed by atoms with Crippen LogP contribution < -0.4 is 20.7 Å². The van der Waals surface area contributed by atoms with Crippen LogP contribution in [-0.4, -0.2) is 47.0 Å². The topological polar surface area (TPSA) is 0 Å². The molecule has 0 aliphatic heterocycles. The van der Waals surface area contributed by atoms with Crippen LogP contribution in [-0.2, 0) is 0 Å². The molecule has 2 aromatic carbocycles. The van der Waals surface area contributed by atoms with Gasteiger partial charge in [-0.3, -0.25) is 0 Å². The zero-order chi connectivity index (χ0) is 23.1. The summed E-state index contributed by atoms with van der Waals surface area (Å²) in [6.45, 7) is 30.7. The normalized spacial score (nSPS) is 13.9. The zero-order valence-electron chi connectivity index (χ0n) is 21.6. The molecule has 0 aromatic heterocycles. The van der Waals surface area contributed by atoms with Gasteiger partial charge >= 0.3 is 0 Å². The second-order valence-electron chi connectivity index (χ2n) is 11.7. The molecule has 0 fully saturated rings. The van der Waals surface area contributed by atoms with Crippen molar-refractivity contribution >= 4 is 67.7 Å². The second-order valence-corrected chi connectivity index (χ2v) is 52.0. The highest BCUT2D eigenvalue weighted by Crippen LogP contribution is 2.20. The fourth-order valence-corrected chi connectivity index (χ4v) is 20.3. The first kappa shape index (κ1) is 26.0. The van der Waals surface area contributed by atoms with E-state index in [4.69, 9.17) is 0 Å². The Morgan fingerprint density at radius 3 is 0.800 bits per heavy atom. The Labute approximate surface area is 194 Å². The van der Waals surface area contributed by atoms with Gasteiger partial charge < -0.3 is 0 Å². The van der Waals surface area contributed by atoms with Gasteiger partial charge in [0.15, 0.2) is 0 Å². The van der Waals surface area contributed by atoms with Gasteiger partial charge in [-0.25, -0.2) is 0 Å². The average molecular weight is 501 g/mol. The van der Waals surface area contributed by atoms with Crippen molar-refractivity contribution in [3.05, 3.63) is 48.5 Å². The average Bonchev–Trinajstić information content (AvgIpc) is 2.67. The Morgan fingerprint density at radius 1 is 0.400 bits per heavy atom. The lowest BCUT2D eigenvalue weighted by molar-refractivity contribution is 1.68. The highest BCUT2D eigenvalue weighted by atomic mass is 29.3. The molecule has 0 aliphatic rings. The van der Waals surface area contributed by atoms with Crippen molar-refractivity contribution in [2.24, 2.45) is 0 Å². The summed E-state index contributed by atoms with van der Waals surface area (Å²) < 4.78 is 0. The minimum absolute atomic E-state index is 0.239. The maximum Gasteiger partial charge on any atom is 0.0791 e. The van der Waals surface area contributed by atoms with Gasteiger partial charge in [-0.1, -0.05) is 148 Å². The van der Waals surface area contributed by atoms with Gasteiger partial charge in [-0.15, -0.1) is 0 Å². The molecule has 0 amide bonds. The predicted octanol–water partition coefficient (Wildman–Crippen LogP) is 4.79. The van der Waals surface area contributed by atoms with Crippen molar-refractivity contribution in [1.29, 1.82) is 0 Å². The summed E-state index contributed by atoms with van der Waals surface area (Å²) in [5.74, 6) is 0. The second kappa shape index (κ2) is 8.94. The predicted molar refractivity (Wildman–Crippen MR) is 156 cm³/mol. The van der Waals surface area contributed by atoms with E-state index in [1.54, 1.807) is 20.7 Å². The first-order valence-electron chi connectivity index (χ1n) is 11.4. The summed E-state index contributed by atoms with van der Waals surface area (Å²) in [6, 6.07) is 20.1. The molecule has 2 radical (unpaired) electrons. The summed E-state index contributed by atoms with van der Waals surface area (Å²) >= 11 is 0. The summed E-state index contributed by atoms with van der Waals surface area (Å²) in [4.78, 5) is 0. The monoisotopic (exact) mass is 500 g/mol. The van der Waals surface area contributed by atoms with Crippen molar-refractivity contribution in [3.63, 3.8) is 0 Å². The van der Waals surface area contributed by atoms with Crippen LogP contribution in [0.2, 0.25) is 78.6 Å². The molecular weight excluding hydrogens is 457 g/mol. The lowest BCUT2D eigenvalue weighted by Gasteiger charge is -2.40. The minimum atomic E-state index is -1.56. The van der Waals surface area contributed by atoms with Gasteiger partial charge in [0.2, 0.25) is 0 Å². The van der Waals surface area contributed by atoms with E-state index in [1.165, 1.54) is 0 Å². The van der Waals surface area contributed by atoms with Crippen LogP contribution in [0.4, 0.5) is 0 Å². The Bertz CT molecular complexity index is 773. The zero-order valence-corrected chi connectivity index (χ0v) is 27.6. The summed E-state index contributed by atoms with van der Waals surface area (Å²) in [7, 11) is -6.10. The van der Waals surface area contributed by atoms with Crippen molar-refractivity contribution in [2.75, 3.05) is 0 Å². The van der Waals surface area contributed by atoms with Crippen molar-refractivity contribution in [1.82, 2.24) is 0 Å². The van der Waals surface area contributed by atoms with Crippen molar-refractivity contribution in [2.45, 2.75) is 78.6 Å². The van der Waals surface area contributed by atoms with Gasteiger partial charge in [-0.2, -0.15) is 0 Å². The standard InChI is InChI=1S/C24H44Si6/c1-25(2)27(5,6)21-13-17-23(18-14-21)29(9,10)30(11,12)24-19-15-22(16-20-24)28(7,8)26(3)4/h13-20H,1-12H3. The maximum atomic E-state index is 2.62. The highest BCUT2D eigenvalue weighted by Gasteiger charge is 2.44. The van der Waals surface area contributed by atoms with E-state index in [2.05, 4.69) is 127 Å². The van der Waals surface area contributed by atoms with Gasteiger partial charge in [0.1, 0.15) is 0 Å². The van der Waals surface area contributed by atoms with E-state index < -0.39 is 30.4 Å². The molecule has 0 spiro atoms. The van der Waals surface area contributed by atoms with E-state index in [-0.39, 0.29) is 16.6 Å². The van der Waals surface area contributed by atoms with E-state index in [9.17, 15) is 0 Å². The molecule has 0 nitrogen and oxygen atoms in total. The van der Waals surface area contributed by atoms with Crippen LogP contribution in [0.15, 0.2) is 48.5 Å². The molecule has 0 unspecified atom stereocenters. The fourth-order valence-electron chi connectivity index (χ4n) is 3.91. The van der Waals surface area contributed by atoms with Crippen LogP contribution in [0.5, 0.6) is 0 Å². The molecule has 0 saturated carbocycles. The third-order valence-corrected chi connectivity index (χ3v) is 51.8. The van der Waals surface area contributed by atoms with Gasteiger partial charge in [0, 0.05) is 16.6 Å². The Balaban J connectivity index is 2.39. The smallest absolute Gasteiger partial charge is 0.0730 e. The molecular formula is C24H44Si6. The molecule has 0 heterocycles. The molecule has 0 bridgehead atoms. The molecule has 0 saturated heterocycles. The number of benzene rings is 2. The van der Waals surface area contributed by atoms with Crippen molar-refractivity contribution < 1.29 is 0 Å². The van der Waals surface area contributed by atoms with Gasteiger partial charge in [0.25, 0.3) is 0 Å². The third kappa shape index (κ3) is 4.73. The molecule has 0 atom stereocenters. The highest BCUT2D eigenvalue weighted by molar-refractivity contribution is 7.50.